The van der Waals surface area contributed by atoms with Crippen molar-refractivity contribution in [1.82, 2.24) is 5.32 Å². The Hall–Kier alpha value is -1.25. The fraction of sp³-hybridized carbons (Fsp3) is 0.333. The number of halogens is 1. The molecule has 1 aromatic heterocycles. The zero-order chi connectivity index (χ0) is 13.1. The van der Waals surface area contributed by atoms with E-state index in [2.05, 4.69) is 18.3 Å². The minimum Gasteiger partial charge on any atom is -0.466 e. The van der Waals surface area contributed by atoms with Crippen molar-refractivity contribution < 1.29 is 4.42 Å². The predicted molar refractivity (Wildman–Crippen MR) is 74.9 cm³/mol. The van der Waals surface area contributed by atoms with Gasteiger partial charge in [-0.15, -0.1) is 0 Å². The summed E-state index contributed by atoms with van der Waals surface area (Å²) in [4.78, 5) is 0. The summed E-state index contributed by atoms with van der Waals surface area (Å²) >= 11 is 6.13. The van der Waals surface area contributed by atoms with Crippen LogP contribution in [0.15, 0.2) is 34.7 Å². The lowest BCUT2D eigenvalue weighted by atomic mass is 10.1. The third-order valence-electron chi connectivity index (χ3n) is 3.10. The van der Waals surface area contributed by atoms with Crippen molar-refractivity contribution in [2.24, 2.45) is 0 Å². The molecule has 1 atom stereocenters. The van der Waals surface area contributed by atoms with Gasteiger partial charge in [-0.25, -0.2) is 0 Å². The van der Waals surface area contributed by atoms with E-state index in [1.807, 2.05) is 38.1 Å². The molecule has 96 valence electrons. The summed E-state index contributed by atoms with van der Waals surface area (Å²) in [7, 11) is 0. The maximum Gasteiger partial charge on any atom is 0.105 e. The van der Waals surface area contributed by atoms with E-state index < -0.39 is 0 Å². The summed E-state index contributed by atoms with van der Waals surface area (Å²) in [6, 6.07) is 10.2. The highest BCUT2D eigenvalue weighted by Gasteiger charge is 2.12. The molecule has 0 amide bonds. The van der Waals surface area contributed by atoms with E-state index >= 15 is 0 Å². The Bertz CT molecular complexity index is 533. The van der Waals surface area contributed by atoms with Gasteiger partial charge in [0.25, 0.3) is 0 Å². The first-order valence-electron chi connectivity index (χ1n) is 6.11. The van der Waals surface area contributed by atoms with Crippen LogP contribution in [0.2, 0.25) is 5.02 Å². The fourth-order valence-electron chi connectivity index (χ4n) is 2.10. The number of nitrogens with one attached hydrogen (secondary N) is 1. The molecule has 0 spiro atoms. The van der Waals surface area contributed by atoms with Gasteiger partial charge in [0.2, 0.25) is 0 Å². The fourth-order valence-corrected chi connectivity index (χ4v) is 2.30. The topological polar surface area (TPSA) is 25.2 Å². The van der Waals surface area contributed by atoms with Gasteiger partial charge in [-0.2, -0.15) is 0 Å². The number of aryl methyl sites for hydroxylation is 2. The Balaban J connectivity index is 2.03. The van der Waals surface area contributed by atoms with Gasteiger partial charge >= 0.3 is 0 Å². The Morgan fingerprint density at radius 1 is 1.28 bits per heavy atom. The highest BCUT2D eigenvalue weighted by Crippen LogP contribution is 2.22. The molecule has 2 nitrogen and oxygen atoms in total. The first kappa shape index (κ1) is 13.2. The molecule has 0 saturated heterocycles. The lowest BCUT2D eigenvalue weighted by Gasteiger charge is -2.13. The molecule has 0 aliphatic heterocycles. The zero-order valence-corrected chi connectivity index (χ0v) is 11.7. The average molecular weight is 264 g/mol. The molecule has 2 rings (SSSR count). The van der Waals surface area contributed by atoms with Crippen molar-refractivity contribution in [1.29, 1.82) is 0 Å². The van der Waals surface area contributed by atoms with E-state index in [-0.39, 0.29) is 6.04 Å². The van der Waals surface area contributed by atoms with Crippen LogP contribution in [-0.2, 0) is 6.54 Å². The molecule has 1 heterocycles. The number of hydrogen-bond acceptors (Lipinski definition) is 2. The van der Waals surface area contributed by atoms with Crippen LogP contribution in [0.3, 0.4) is 0 Å². The molecule has 0 aliphatic carbocycles. The van der Waals surface area contributed by atoms with Crippen molar-refractivity contribution in [2.45, 2.75) is 33.4 Å². The van der Waals surface area contributed by atoms with Gasteiger partial charge in [0.1, 0.15) is 11.5 Å². The number of benzene rings is 1. The Morgan fingerprint density at radius 3 is 2.61 bits per heavy atom. The predicted octanol–water partition coefficient (Wildman–Crippen LogP) is 4.40. The van der Waals surface area contributed by atoms with Crippen LogP contribution in [0, 0.1) is 13.8 Å². The monoisotopic (exact) mass is 263 g/mol. The van der Waals surface area contributed by atoms with Crippen molar-refractivity contribution >= 4 is 11.6 Å². The van der Waals surface area contributed by atoms with E-state index in [9.17, 15) is 0 Å². The Kier molecular flexibility index (Phi) is 4.10. The molecule has 1 unspecified atom stereocenters. The second-order valence-electron chi connectivity index (χ2n) is 4.56. The van der Waals surface area contributed by atoms with Gasteiger partial charge < -0.3 is 9.73 Å². The van der Waals surface area contributed by atoms with Crippen LogP contribution in [0.25, 0.3) is 0 Å². The summed E-state index contributed by atoms with van der Waals surface area (Å²) in [6.45, 7) is 6.85. The van der Waals surface area contributed by atoms with Gasteiger partial charge in [0.05, 0.1) is 0 Å². The summed E-state index contributed by atoms with van der Waals surface area (Å²) in [5.41, 5.74) is 2.32. The molecular weight excluding hydrogens is 246 g/mol. The molecular formula is C15H18ClNO. The Labute approximate surface area is 113 Å². The first-order chi connectivity index (χ1) is 8.58. The van der Waals surface area contributed by atoms with Crippen molar-refractivity contribution in [3.8, 4) is 0 Å². The van der Waals surface area contributed by atoms with Gasteiger partial charge in [-0.1, -0.05) is 29.8 Å². The summed E-state index contributed by atoms with van der Waals surface area (Å²) in [5, 5.41) is 4.27. The van der Waals surface area contributed by atoms with Crippen LogP contribution >= 0.6 is 11.6 Å². The normalized spacial score (nSPS) is 12.7. The van der Waals surface area contributed by atoms with Crippen LogP contribution < -0.4 is 5.32 Å². The molecule has 0 bridgehead atoms. The van der Waals surface area contributed by atoms with Crippen LogP contribution in [-0.4, -0.2) is 0 Å². The summed E-state index contributed by atoms with van der Waals surface area (Å²) in [6.07, 6.45) is 0. The van der Waals surface area contributed by atoms with Crippen LogP contribution in [0.5, 0.6) is 0 Å². The highest BCUT2D eigenvalue weighted by atomic mass is 35.5. The molecule has 1 N–H and O–H groups in total. The standard InChI is InChI=1S/C15H18ClNO/c1-10-8-14(12(3)18-10)11(2)17-9-13-6-4-5-7-15(13)16/h4-8,11,17H,9H2,1-3H3. The lowest BCUT2D eigenvalue weighted by molar-refractivity contribution is 0.489. The lowest BCUT2D eigenvalue weighted by Crippen LogP contribution is -2.18. The van der Waals surface area contributed by atoms with Gasteiger partial charge in [-0.3, -0.25) is 0 Å². The average Bonchev–Trinajstić information content (AvgIpc) is 2.67. The third-order valence-corrected chi connectivity index (χ3v) is 3.47. The van der Waals surface area contributed by atoms with Crippen LogP contribution in [0.4, 0.5) is 0 Å². The quantitative estimate of drug-likeness (QED) is 0.884. The van der Waals surface area contributed by atoms with Crippen molar-refractivity contribution in [3.63, 3.8) is 0 Å². The van der Waals surface area contributed by atoms with Crippen LogP contribution in [0.1, 0.15) is 35.6 Å². The minimum absolute atomic E-state index is 0.249. The third kappa shape index (κ3) is 2.95. The SMILES string of the molecule is Cc1cc(C(C)NCc2ccccc2Cl)c(C)o1. The highest BCUT2D eigenvalue weighted by molar-refractivity contribution is 6.31. The van der Waals surface area contributed by atoms with E-state index in [1.165, 1.54) is 5.56 Å². The molecule has 0 fully saturated rings. The van der Waals surface area contributed by atoms with Crippen molar-refractivity contribution in [2.75, 3.05) is 0 Å². The second kappa shape index (κ2) is 5.59. The zero-order valence-electron chi connectivity index (χ0n) is 11.0. The maximum absolute atomic E-state index is 6.13. The van der Waals surface area contributed by atoms with E-state index in [0.29, 0.717) is 0 Å². The second-order valence-corrected chi connectivity index (χ2v) is 4.97. The molecule has 3 heteroatoms. The number of hydrogen-bond donors (Lipinski definition) is 1. The number of furan rings is 1. The largest absolute Gasteiger partial charge is 0.466 e. The molecule has 0 aliphatic rings. The molecule has 2 aromatic rings. The summed E-state index contributed by atoms with van der Waals surface area (Å²) in [5.74, 6) is 1.93. The van der Waals surface area contributed by atoms with Gasteiger partial charge in [0, 0.05) is 23.2 Å². The minimum atomic E-state index is 0.249. The van der Waals surface area contributed by atoms with Gasteiger partial charge in [0.15, 0.2) is 0 Å². The maximum atomic E-state index is 6.13. The molecule has 1 aromatic carbocycles. The molecule has 0 radical (unpaired) electrons. The van der Waals surface area contributed by atoms with Crippen molar-refractivity contribution in [3.05, 3.63) is 58.0 Å². The number of rotatable bonds is 4. The first-order valence-corrected chi connectivity index (χ1v) is 6.49. The van der Waals surface area contributed by atoms with E-state index in [4.69, 9.17) is 16.0 Å². The van der Waals surface area contributed by atoms with E-state index in [1.54, 1.807) is 0 Å². The Morgan fingerprint density at radius 2 is 2.00 bits per heavy atom. The molecule has 0 saturated carbocycles. The smallest absolute Gasteiger partial charge is 0.105 e. The van der Waals surface area contributed by atoms with E-state index in [0.717, 1.165) is 28.7 Å². The summed E-state index contributed by atoms with van der Waals surface area (Å²) < 4.78 is 5.55. The molecule has 18 heavy (non-hydrogen) atoms. The van der Waals surface area contributed by atoms with Gasteiger partial charge in [-0.05, 0) is 38.5 Å².